The predicted octanol–water partition coefficient (Wildman–Crippen LogP) is 5.34. The lowest BCUT2D eigenvalue weighted by molar-refractivity contribution is -0.122. The van der Waals surface area contributed by atoms with Gasteiger partial charge in [0, 0.05) is 10.7 Å². The molecule has 3 aromatic carbocycles. The van der Waals surface area contributed by atoms with Crippen molar-refractivity contribution in [2.24, 2.45) is 0 Å². The maximum Gasteiger partial charge on any atom is 0.265 e. The summed E-state index contributed by atoms with van der Waals surface area (Å²) >= 11 is 11.8. The minimum Gasteiger partial charge on any atom is -0.481 e. The Hall–Kier alpha value is -2.81. The van der Waals surface area contributed by atoms with Crippen LogP contribution >= 0.6 is 23.2 Å². The second-order valence-corrected chi connectivity index (χ2v) is 8.98. The molecule has 0 fully saturated rings. The second kappa shape index (κ2) is 9.55. The molecule has 3 rings (SSSR count). The monoisotopic (exact) mass is 482 g/mol. The molecular weight excluding hydrogens is 466 g/mol. The first-order chi connectivity index (χ1) is 14.6. The molecule has 0 saturated carbocycles. The highest BCUT2D eigenvalue weighted by atomic mass is 35.5. The Morgan fingerprint density at radius 3 is 2.26 bits per heavy atom. The van der Waals surface area contributed by atoms with Crippen molar-refractivity contribution >= 4 is 50.5 Å². The number of amides is 1. The Bertz CT molecular complexity index is 1190. The summed E-state index contributed by atoms with van der Waals surface area (Å²) in [6, 6.07) is 15.3. The number of carbonyl (C=O) groups excluding carboxylic acids is 1. The second-order valence-electron chi connectivity index (χ2n) is 6.46. The summed E-state index contributed by atoms with van der Waals surface area (Å²) in [5.41, 5.74) is 0.568. The number of anilines is 2. The van der Waals surface area contributed by atoms with Crippen molar-refractivity contribution in [3.63, 3.8) is 0 Å². The van der Waals surface area contributed by atoms with Crippen molar-refractivity contribution in [3.8, 4) is 5.75 Å². The smallest absolute Gasteiger partial charge is 0.265 e. The number of benzene rings is 3. The molecule has 3 aromatic rings. The van der Waals surface area contributed by atoms with Gasteiger partial charge in [0.2, 0.25) is 0 Å². The van der Waals surface area contributed by atoms with E-state index in [1.54, 1.807) is 0 Å². The highest BCUT2D eigenvalue weighted by Crippen LogP contribution is 2.28. The van der Waals surface area contributed by atoms with E-state index in [0.29, 0.717) is 16.5 Å². The van der Waals surface area contributed by atoms with Gasteiger partial charge in [-0.25, -0.2) is 12.8 Å². The Labute approximate surface area is 189 Å². The van der Waals surface area contributed by atoms with E-state index >= 15 is 0 Å². The maximum atomic E-state index is 13.0. The number of ether oxygens (including phenoxy) is 1. The number of rotatable bonds is 7. The lowest BCUT2D eigenvalue weighted by atomic mass is 10.3. The van der Waals surface area contributed by atoms with Crippen molar-refractivity contribution in [2.45, 2.75) is 17.9 Å². The third-order valence-corrected chi connectivity index (χ3v) is 6.03. The normalized spacial score (nSPS) is 12.1. The number of halogens is 3. The first-order valence-electron chi connectivity index (χ1n) is 8.95. The molecular formula is C21H17Cl2FN2O4S. The Morgan fingerprint density at radius 1 is 1.00 bits per heavy atom. The van der Waals surface area contributed by atoms with Crippen LogP contribution in [-0.2, 0) is 14.8 Å². The molecule has 0 saturated heterocycles. The number of sulfonamides is 1. The summed E-state index contributed by atoms with van der Waals surface area (Å²) in [5, 5.41) is 3.17. The van der Waals surface area contributed by atoms with Gasteiger partial charge in [-0.05, 0) is 73.7 Å². The molecule has 2 N–H and O–H groups in total. The fourth-order valence-electron chi connectivity index (χ4n) is 2.51. The predicted molar refractivity (Wildman–Crippen MR) is 119 cm³/mol. The first-order valence-corrected chi connectivity index (χ1v) is 11.2. The zero-order valence-electron chi connectivity index (χ0n) is 16.1. The van der Waals surface area contributed by atoms with Gasteiger partial charge in [-0.15, -0.1) is 0 Å². The lowest BCUT2D eigenvalue weighted by Crippen LogP contribution is -2.30. The minimum atomic E-state index is -3.90. The van der Waals surface area contributed by atoms with E-state index in [0.717, 1.165) is 0 Å². The zero-order chi connectivity index (χ0) is 22.6. The standard InChI is InChI=1S/C21H17Cl2FN2O4S/c1-13(30-17-7-3-15(24)4-8-17)21(27)25-16-5-9-18(10-6-16)31(28,29)26-20-11-2-14(22)12-19(20)23/h2-13,26H,1H3,(H,25,27)/t13-/m1/s1. The van der Waals surface area contributed by atoms with E-state index in [4.69, 9.17) is 27.9 Å². The average molecular weight is 483 g/mol. The molecule has 1 amide bonds. The molecule has 0 aromatic heterocycles. The van der Waals surface area contributed by atoms with E-state index in [-0.39, 0.29) is 15.6 Å². The van der Waals surface area contributed by atoms with Crippen LogP contribution in [0.4, 0.5) is 15.8 Å². The van der Waals surface area contributed by atoms with Gasteiger partial charge in [0.05, 0.1) is 15.6 Å². The molecule has 0 radical (unpaired) electrons. The molecule has 0 unspecified atom stereocenters. The van der Waals surface area contributed by atoms with Gasteiger partial charge in [0.15, 0.2) is 6.10 Å². The van der Waals surface area contributed by atoms with Crippen molar-refractivity contribution in [1.82, 2.24) is 0 Å². The van der Waals surface area contributed by atoms with Crippen molar-refractivity contribution in [2.75, 3.05) is 10.0 Å². The molecule has 0 aliphatic heterocycles. The molecule has 0 aliphatic carbocycles. The van der Waals surface area contributed by atoms with Crippen LogP contribution in [-0.4, -0.2) is 20.4 Å². The molecule has 162 valence electrons. The van der Waals surface area contributed by atoms with Gasteiger partial charge < -0.3 is 10.1 Å². The van der Waals surface area contributed by atoms with Crippen LogP contribution in [0.5, 0.6) is 5.75 Å². The van der Waals surface area contributed by atoms with Crippen LogP contribution < -0.4 is 14.8 Å². The van der Waals surface area contributed by atoms with Crippen LogP contribution in [0, 0.1) is 5.82 Å². The van der Waals surface area contributed by atoms with Crippen LogP contribution in [0.25, 0.3) is 0 Å². The summed E-state index contributed by atoms with van der Waals surface area (Å²) in [4.78, 5) is 12.3. The highest BCUT2D eigenvalue weighted by Gasteiger charge is 2.18. The minimum absolute atomic E-state index is 0.0212. The summed E-state index contributed by atoms with van der Waals surface area (Å²) < 4.78 is 45.9. The molecule has 0 bridgehead atoms. The maximum absolute atomic E-state index is 13.0. The summed E-state index contributed by atoms with van der Waals surface area (Å²) in [5.74, 6) is -0.518. The topological polar surface area (TPSA) is 84.5 Å². The zero-order valence-corrected chi connectivity index (χ0v) is 18.4. The van der Waals surface area contributed by atoms with Crippen molar-refractivity contribution < 1.29 is 22.3 Å². The number of carbonyl (C=O) groups is 1. The molecule has 10 heteroatoms. The van der Waals surface area contributed by atoms with E-state index in [1.807, 2.05) is 0 Å². The third kappa shape index (κ3) is 6.10. The van der Waals surface area contributed by atoms with Crippen LogP contribution in [0.3, 0.4) is 0 Å². The fraction of sp³-hybridized carbons (Fsp3) is 0.0952. The highest BCUT2D eigenvalue weighted by molar-refractivity contribution is 7.92. The molecule has 0 heterocycles. The number of hydrogen-bond donors (Lipinski definition) is 2. The SMILES string of the molecule is C[C@@H](Oc1ccc(F)cc1)C(=O)Nc1ccc(S(=O)(=O)Nc2ccc(Cl)cc2Cl)cc1. The van der Waals surface area contributed by atoms with Crippen molar-refractivity contribution in [1.29, 1.82) is 0 Å². The number of nitrogens with one attached hydrogen (secondary N) is 2. The van der Waals surface area contributed by atoms with Crippen LogP contribution in [0.1, 0.15) is 6.92 Å². The summed E-state index contributed by atoms with van der Waals surface area (Å²) in [6.45, 7) is 1.54. The Morgan fingerprint density at radius 2 is 1.65 bits per heavy atom. The van der Waals surface area contributed by atoms with Gasteiger partial charge in [-0.1, -0.05) is 23.2 Å². The van der Waals surface area contributed by atoms with E-state index in [2.05, 4.69) is 10.0 Å². The largest absolute Gasteiger partial charge is 0.481 e. The van der Waals surface area contributed by atoms with Gasteiger partial charge in [-0.3, -0.25) is 9.52 Å². The van der Waals surface area contributed by atoms with Crippen LogP contribution in [0.15, 0.2) is 71.6 Å². The molecule has 0 spiro atoms. The molecule has 31 heavy (non-hydrogen) atoms. The van der Waals surface area contributed by atoms with E-state index < -0.39 is 27.9 Å². The van der Waals surface area contributed by atoms with Gasteiger partial charge in [0.1, 0.15) is 11.6 Å². The summed E-state index contributed by atoms with van der Waals surface area (Å²) in [7, 11) is -3.90. The summed E-state index contributed by atoms with van der Waals surface area (Å²) in [6.07, 6.45) is -0.859. The number of hydrogen-bond acceptors (Lipinski definition) is 4. The Kier molecular flexibility index (Phi) is 7.04. The van der Waals surface area contributed by atoms with Crippen molar-refractivity contribution in [3.05, 3.63) is 82.6 Å². The quantitative estimate of drug-likeness (QED) is 0.475. The fourth-order valence-corrected chi connectivity index (χ4v) is 4.10. The van der Waals surface area contributed by atoms with Crippen LogP contribution in [0.2, 0.25) is 10.0 Å². The average Bonchev–Trinajstić information content (AvgIpc) is 2.72. The lowest BCUT2D eigenvalue weighted by Gasteiger charge is -2.15. The first kappa shape index (κ1) is 22.9. The Balaban J connectivity index is 1.64. The molecule has 6 nitrogen and oxygen atoms in total. The molecule has 0 aliphatic rings. The van der Waals surface area contributed by atoms with E-state index in [9.17, 15) is 17.6 Å². The van der Waals surface area contributed by atoms with Gasteiger partial charge in [-0.2, -0.15) is 0 Å². The molecule has 1 atom stereocenters. The van der Waals surface area contributed by atoms with Gasteiger partial charge in [0.25, 0.3) is 15.9 Å². The van der Waals surface area contributed by atoms with E-state index in [1.165, 1.54) is 73.7 Å². The third-order valence-electron chi connectivity index (χ3n) is 4.10. The van der Waals surface area contributed by atoms with Gasteiger partial charge >= 0.3 is 0 Å².